The van der Waals surface area contributed by atoms with Crippen LogP contribution in [0, 0.1) is 0 Å². The SMILES string of the molecule is CC(C)(C)OC(=O)OC1C(CO)OC(n2ccc(N)nc2=O)C1F. The molecule has 0 spiro atoms. The van der Waals surface area contributed by atoms with Crippen LogP contribution in [0.2, 0.25) is 0 Å². The monoisotopic (exact) mass is 345 g/mol. The van der Waals surface area contributed by atoms with Gasteiger partial charge in [-0.1, -0.05) is 0 Å². The molecule has 0 aliphatic carbocycles. The minimum absolute atomic E-state index is 0.0232. The van der Waals surface area contributed by atoms with Crippen molar-refractivity contribution in [3.05, 3.63) is 22.7 Å². The molecular formula is C14H20FN3O6. The zero-order chi connectivity index (χ0) is 18.1. The van der Waals surface area contributed by atoms with Crippen molar-refractivity contribution in [2.24, 2.45) is 0 Å². The highest BCUT2D eigenvalue weighted by Gasteiger charge is 2.49. The van der Waals surface area contributed by atoms with Gasteiger partial charge in [-0.25, -0.2) is 14.0 Å². The second-order valence-electron chi connectivity index (χ2n) is 6.28. The van der Waals surface area contributed by atoms with Gasteiger partial charge in [-0.2, -0.15) is 4.98 Å². The predicted octanol–water partition coefficient (Wildman–Crippen LogP) is 0.374. The molecule has 4 atom stereocenters. The molecule has 4 unspecified atom stereocenters. The van der Waals surface area contributed by atoms with Crippen LogP contribution < -0.4 is 11.4 Å². The number of nitrogen functional groups attached to an aromatic ring is 1. The number of anilines is 1. The van der Waals surface area contributed by atoms with Crippen LogP contribution in [0.4, 0.5) is 15.0 Å². The second-order valence-corrected chi connectivity index (χ2v) is 6.28. The van der Waals surface area contributed by atoms with Crippen LogP contribution >= 0.6 is 0 Å². The number of carbonyl (C=O) groups is 1. The van der Waals surface area contributed by atoms with Crippen molar-refractivity contribution in [3.8, 4) is 0 Å². The van der Waals surface area contributed by atoms with Gasteiger partial charge in [0.25, 0.3) is 0 Å². The van der Waals surface area contributed by atoms with E-state index in [0.717, 1.165) is 4.57 Å². The number of aliphatic hydroxyl groups excluding tert-OH is 1. The van der Waals surface area contributed by atoms with Crippen molar-refractivity contribution in [2.45, 2.75) is 51.0 Å². The lowest BCUT2D eigenvalue weighted by molar-refractivity contribution is -0.0691. The van der Waals surface area contributed by atoms with E-state index in [9.17, 15) is 19.1 Å². The zero-order valence-electron chi connectivity index (χ0n) is 13.5. The largest absolute Gasteiger partial charge is 0.509 e. The van der Waals surface area contributed by atoms with Gasteiger partial charge in [0, 0.05) is 6.20 Å². The third-order valence-electron chi connectivity index (χ3n) is 3.19. The van der Waals surface area contributed by atoms with Gasteiger partial charge in [0.1, 0.15) is 17.5 Å². The summed E-state index contributed by atoms with van der Waals surface area (Å²) in [5, 5.41) is 9.33. The number of alkyl halides is 1. The maximum atomic E-state index is 14.7. The fourth-order valence-corrected chi connectivity index (χ4v) is 2.21. The molecule has 0 bridgehead atoms. The molecule has 1 fully saturated rings. The highest BCUT2D eigenvalue weighted by molar-refractivity contribution is 5.61. The van der Waals surface area contributed by atoms with Crippen molar-refractivity contribution in [2.75, 3.05) is 12.3 Å². The number of carbonyl (C=O) groups excluding carboxylic acids is 1. The van der Waals surface area contributed by atoms with Gasteiger partial charge in [-0.15, -0.1) is 0 Å². The Balaban J connectivity index is 2.18. The van der Waals surface area contributed by atoms with Crippen LogP contribution in [-0.2, 0) is 14.2 Å². The molecule has 0 aromatic carbocycles. The Labute approximate surface area is 137 Å². The van der Waals surface area contributed by atoms with Gasteiger partial charge >= 0.3 is 11.8 Å². The molecule has 1 aromatic rings. The zero-order valence-corrected chi connectivity index (χ0v) is 13.5. The molecule has 2 heterocycles. The minimum Gasteiger partial charge on any atom is -0.429 e. The van der Waals surface area contributed by atoms with E-state index in [-0.39, 0.29) is 5.82 Å². The maximum absolute atomic E-state index is 14.7. The number of aromatic nitrogens is 2. The number of rotatable bonds is 3. The van der Waals surface area contributed by atoms with Crippen LogP contribution in [0.25, 0.3) is 0 Å². The molecule has 3 N–H and O–H groups in total. The maximum Gasteiger partial charge on any atom is 0.509 e. The van der Waals surface area contributed by atoms with Crippen molar-refractivity contribution < 1.29 is 28.5 Å². The van der Waals surface area contributed by atoms with E-state index in [1.54, 1.807) is 20.8 Å². The fraction of sp³-hybridized carbons (Fsp3) is 0.643. The highest BCUT2D eigenvalue weighted by Crippen LogP contribution is 2.33. The third-order valence-corrected chi connectivity index (χ3v) is 3.19. The van der Waals surface area contributed by atoms with Gasteiger partial charge in [0.15, 0.2) is 18.5 Å². The molecule has 1 aromatic heterocycles. The van der Waals surface area contributed by atoms with E-state index in [1.165, 1.54) is 12.3 Å². The number of nitrogens with two attached hydrogens (primary N) is 1. The first-order valence-corrected chi connectivity index (χ1v) is 7.27. The highest BCUT2D eigenvalue weighted by atomic mass is 19.1. The Morgan fingerprint density at radius 3 is 2.75 bits per heavy atom. The molecule has 10 heteroatoms. The molecule has 134 valence electrons. The number of aliphatic hydroxyl groups is 1. The van der Waals surface area contributed by atoms with E-state index in [1.807, 2.05) is 0 Å². The lowest BCUT2D eigenvalue weighted by atomic mass is 10.1. The summed E-state index contributed by atoms with van der Waals surface area (Å²) in [4.78, 5) is 27.0. The van der Waals surface area contributed by atoms with Gasteiger partial charge in [0.2, 0.25) is 0 Å². The number of ether oxygens (including phenoxy) is 3. The fourth-order valence-electron chi connectivity index (χ4n) is 2.21. The van der Waals surface area contributed by atoms with Crippen molar-refractivity contribution >= 4 is 12.0 Å². The molecule has 0 radical (unpaired) electrons. The van der Waals surface area contributed by atoms with E-state index < -0.39 is 48.7 Å². The number of nitrogens with zero attached hydrogens (tertiary/aromatic N) is 2. The molecule has 0 saturated carbocycles. The molecule has 0 amide bonds. The number of hydrogen-bond acceptors (Lipinski definition) is 8. The summed E-state index contributed by atoms with van der Waals surface area (Å²) in [7, 11) is 0. The van der Waals surface area contributed by atoms with Crippen molar-refractivity contribution in [1.29, 1.82) is 0 Å². The average Bonchev–Trinajstić information content (AvgIpc) is 2.74. The van der Waals surface area contributed by atoms with E-state index in [2.05, 4.69) is 4.98 Å². The summed E-state index contributed by atoms with van der Waals surface area (Å²) in [5.74, 6) is -0.0232. The first-order valence-electron chi connectivity index (χ1n) is 7.27. The standard InChI is InChI=1S/C14H20FN3O6/c1-14(2,3)24-13(21)23-10-7(6-19)22-11(9(10)15)18-5-4-8(16)17-12(18)20/h4-5,7,9-11,19H,6H2,1-3H3,(H2,16,17,20). The molecule has 1 saturated heterocycles. The second kappa shape index (κ2) is 6.73. The molecule has 9 nitrogen and oxygen atoms in total. The Bertz CT molecular complexity index is 659. The summed E-state index contributed by atoms with van der Waals surface area (Å²) in [6, 6.07) is 1.30. The number of hydrogen-bond donors (Lipinski definition) is 2. The van der Waals surface area contributed by atoms with Gasteiger partial charge in [0.05, 0.1) is 6.61 Å². The molecule has 24 heavy (non-hydrogen) atoms. The van der Waals surface area contributed by atoms with Crippen LogP contribution in [0.1, 0.15) is 27.0 Å². The summed E-state index contributed by atoms with van der Waals surface area (Å²) < 4.78 is 30.7. The first kappa shape index (κ1) is 18.1. The first-order chi connectivity index (χ1) is 11.1. The molecule has 2 rings (SSSR count). The molecular weight excluding hydrogens is 325 g/mol. The predicted molar refractivity (Wildman–Crippen MR) is 79.9 cm³/mol. The molecule has 1 aliphatic rings. The normalized spacial score (nSPS) is 27.0. The number of halogens is 1. The van der Waals surface area contributed by atoms with Crippen LogP contribution in [0.3, 0.4) is 0 Å². The van der Waals surface area contributed by atoms with Crippen LogP contribution in [0.15, 0.2) is 17.1 Å². The van der Waals surface area contributed by atoms with Gasteiger partial charge in [-0.05, 0) is 26.8 Å². The summed E-state index contributed by atoms with van der Waals surface area (Å²) in [5.41, 5.74) is 3.73. The minimum atomic E-state index is -1.90. The van der Waals surface area contributed by atoms with Crippen LogP contribution in [-0.4, -0.2) is 51.4 Å². The van der Waals surface area contributed by atoms with E-state index in [0.29, 0.717) is 0 Å². The molecule has 1 aliphatic heterocycles. The smallest absolute Gasteiger partial charge is 0.429 e. The summed E-state index contributed by atoms with van der Waals surface area (Å²) in [6.07, 6.45) is -5.78. The lowest BCUT2D eigenvalue weighted by Gasteiger charge is -2.23. The lowest BCUT2D eigenvalue weighted by Crippen LogP contribution is -2.38. The third kappa shape index (κ3) is 4.01. The Hall–Kier alpha value is -2.20. The van der Waals surface area contributed by atoms with E-state index >= 15 is 0 Å². The van der Waals surface area contributed by atoms with Crippen molar-refractivity contribution in [1.82, 2.24) is 9.55 Å². The van der Waals surface area contributed by atoms with Crippen molar-refractivity contribution in [3.63, 3.8) is 0 Å². The van der Waals surface area contributed by atoms with Gasteiger partial charge in [-0.3, -0.25) is 4.57 Å². The van der Waals surface area contributed by atoms with Gasteiger partial charge < -0.3 is 25.1 Å². The topological polar surface area (TPSA) is 126 Å². The van der Waals surface area contributed by atoms with E-state index in [4.69, 9.17) is 19.9 Å². The Kier molecular flexibility index (Phi) is 5.09. The average molecular weight is 345 g/mol. The summed E-state index contributed by atoms with van der Waals surface area (Å²) >= 11 is 0. The Morgan fingerprint density at radius 2 is 2.21 bits per heavy atom. The summed E-state index contributed by atoms with van der Waals surface area (Å²) in [6.45, 7) is 4.26. The Morgan fingerprint density at radius 1 is 1.54 bits per heavy atom. The van der Waals surface area contributed by atoms with Crippen LogP contribution in [0.5, 0.6) is 0 Å². The quantitative estimate of drug-likeness (QED) is 0.753.